The van der Waals surface area contributed by atoms with Crippen molar-refractivity contribution in [1.29, 1.82) is 5.26 Å². The van der Waals surface area contributed by atoms with Gasteiger partial charge in [-0.1, -0.05) is 32.1 Å². The molecule has 2 heteroatoms. The maximum absolute atomic E-state index is 9.15. The van der Waals surface area contributed by atoms with Crippen LogP contribution in [0.25, 0.3) is 6.08 Å². The number of hydrogen-bond acceptors (Lipinski definition) is 2. The first kappa shape index (κ1) is 11.5. The molecule has 0 aromatic heterocycles. The lowest BCUT2D eigenvalue weighted by molar-refractivity contribution is 0.320. The van der Waals surface area contributed by atoms with Crippen LogP contribution in [0.5, 0.6) is 0 Å². The van der Waals surface area contributed by atoms with E-state index in [0.29, 0.717) is 11.5 Å². The Morgan fingerprint density at radius 2 is 2.27 bits per heavy atom. The van der Waals surface area contributed by atoms with Crippen LogP contribution in [0, 0.1) is 17.2 Å². The minimum Gasteiger partial charge on any atom is -0.392 e. The minimum absolute atomic E-state index is 0.0639. The van der Waals surface area contributed by atoms with Gasteiger partial charge in [0.2, 0.25) is 0 Å². The summed E-state index contributed by atoms with van der Waals surface area (Å²) in [6, 6.07) is 9.46. The number of aliphatic hydroxyl groups excluding tert-OH is 1. The summed E-state index contributed by atoms with van der Waals surface area (Å²) in [6.07, 6.45) is 1.94. The molecule has 0 atom stereocenters. The summed E-state index contributed by atoms with van der Waals surface area (Å²) in [5.74, 6) is 0.320. The van der Waals surface area contributed by atoms with Gasteiger partial charge in [-0.25, -0.2) is 0 Å². The molecule has 0 amide bonds. The Bertz CT molecular complexity index is 399. The van der Waals surface area contributed by atoms with Gasteiger partial charge in [-0.2, -0.15) is 5.26 Å². The lowest BCUT2D eigenvalue weighted by Crippen LogP contribution is -1.98. The SMILES string of the molecule is CC(C)C(=Cc1cccc(C#N)c1)CO. The molecule has 0 unspecified atom stereocenters. The maximum Gasteiger partial charge on any atom is 0.0991 e. The zero-order valence-corrected chi connectivity index (χ0v) is 9.07. The summed E-state index contributed by atoms with van der Waals surface area (Å²) in [7, 11) is 0. The number of aliphatic hydroxyl groups is 1. The van der Waals surface area contributed by atoms with Crippen molar-refractivity contribution in [3.8, 4) is 6.07 Å². The summed E-state index contributed by atoms with van der Waals surface area (Å²) in [6.45, 7) is 4.14. The van der Waals surface area contributed by atoms with Crippen LogP contribution in [0.2, 0.25) is 0 Å². The van der Waals surface area contributed by atoms with Crippen molar-refractivity contribution >= 4 is 6.08 Å². The zero-order chi connectivity index (χ0) is 11.3. The van der Waals surface area contributed by atoms with E-state index in [9.17, 15) is 0 Å². The van der Waals surface area contributed by atoms with Crippen LogP contribution in [-0.2, 0) is 0 Å². The lowest BCUT2D eigenvalue weighted by atomic mass is 10.0. The molecule has 0 fully saturated rings. The average molecular weight is 201 g/mol. The summed E-state index contributed by atoms with van der Waals surface area (Å²) >= 11 is 0. The highest BCUT2D eigenvalue weighted by molar-refractivity contribution is 5.55. The lowest BCUT2D eigenvalue weighted by Gasteiger charge is -2.07. The van der Waals surface area contributed by atoms with Crippen molar-refractivity contribution in [2.75, 3.05) is 6.61 Å². The highest BCUT2D eigenvalue weighted by Gasteiger charge is 2.01. The van der Waals surface area contributed by atoms with Gasteiger partial charge >= 0.3 is 0 Å². The minimum atomic E-state index is 0.0639. The fraction of sp³-hybridized carbons (Fsp3) is 0.308. The number of benzene rings is 1. The molecule has 2 nitrogen and oxygen atoms in total. The van der Waals surface area contributed by atoms with Gasteiger partial charge in [0, 0.05) is 0 Å². The van der Waals surface area contributed by atoms with E-state index in [1.54, 1.807) is 6.07 Å². The molecule has 15 heavy (non-hydrogen) atoms. The summed E-state index contributed by atoms with van der Waals surface area (Å²) < 4.78 is 0. The zero-order valence-electron chi connectivity index (χ0n) is 9.07. The molecule has 0 aliphatic carbocycles. The summed E-state index contributed by atoms with van der Waals surface area (Å²) in [4.78, 5) is 0. The second-order valence-electron chi connectivity index (χ2n) is 3.77. The number of nitrogens with zero attached hydrogens (tertiary/aromatic N) is 1. The normalized spacial score (nSPS) is 11.5. The Hall–Kier alpha value is -1.59. The van der Waals surface area contributed by atoms with Crippen molar-refractivity contribution in [1.82, 2.24) is 0 Å². The molecule has 0 radical (unpaired) electrons. The fourth-order valence-corrected chi connectivity index (χ4v) is 1.31. The molecule has 0 heterocycles. The fourth-order valence-electron chi connectivity index (χ4n) is 1.31. The number of nitriles is 1. The smallest absolute Gasteiger partial charge is 0.0991 e. The largest absolute Gasteiger partial charge is 0.392 e. The topological polar surface area (TPSA) is 44.0 Å². The van der Waals surface area contributed by atoms with Gasteiger partial charge in [-0.3, -0.25) is 0 Å². The van der Waals surface area contributed by atoms with Gasteiger partial charge in [0.25, 0.3) is 0 Å². The molecule has 1 aromatic rings. The quantitative estimate of drug-likeness (QED) is 0.816. The predicted molar refractivity (Wildman–Crippen MR) is 61.1 cm³/mol. The van der Waals surface area contributed by atoms with Gasteiger partial charge in [0.15, 0.2) is 0 Å². The summed E-state index contributed by atoms with van der Waals surface area (Å²) in [5.41, 5.74) is 2.58. The molecule has 0 spiro atoms. The van der Waals surface area contributed by atoms with Gasteiger partial charge in [-0.05, 0) is 29.2 Å². The van der Waals surface area contributed by atoms with Crippen molar-refractivity contribution in [2.45, 2.75) is 13.8 Å². The first-order valence-electron chi connectivity index (χ1n) is 4.99. The van der Waals surface area contributed by atoms with Crippen LogP contribution in [0.1, 0.15) is 25.0 Å². The Balaban J connectivity index is 3.02. The highest BCUT2D eigenvalue weighted by atomic mass is 16.3. The molecule has 0 aliphatic heterocycles. The Labute approximate surface area is 90.5 Å². The van der Waals surface area contributed by atoms with E-state index in [-0.39, 0.29) is 6.61 Å². The van der Waals surface area contributed by atoms with Crippen LogP contribution < -0.4 is 0 Å². The average Bonchev–Trinajstić information content (AvgIpc) is 2.25. The number of hydrogen-bond donors (Lipinski definition) is 1. The van der Waals surface area contributed by atoms with Gasteiger partial charge in [0.1, 0.15) is 0 Å². The van der Waals surface area contributed by atoms with E-state index in [2.05, 4.69) is 6.07 Å². The maximum atomic E-state index is 9.15. The molecular formula is C13H15NO. The monoisotopic (exact) mass is 201 g/mol. The second kappa shape index (κ2) is 5.33. The van der Waals surface area contributed by atoms with Crippen LogP contribution in [0.4, 0.5) is 0 Å². The van der Waals surface area contributed by atoms with Crippen LogP contribution >= 0.6 is 0 Å². The number of rotatable bonds is 3. The third kappa shape index (κ3) is 3.23. The van der Waals surface area contributed by atoms with Crippen molar-refractivity contribution in [3.05, 3.63) is 41.0 Å². The molecule has 1 rings (SSSR count). The molecule has 0 aliphatic rings. The molecular weight excluding hydrogens is 186 g/mol. The van der Waals surface area contributed by atoms with E-state index >= 15 is 0 Å². The van der Waals surface area contributed by atoms with E-state index in [1.165, 1.54) is 0 Å². The third-order valence-corrected chi connectivity index (χ3v) is 2.29. The second-order valence-corrected chi connectivity index (χ2v) is 3.77. The highest BCUT2D eigenvalue weighted by Crippen LogP contribution is 2.14. The van der Waals surface area contributed by atoms with Crippen LogP contribution in [-0.4, -0.2) is 11.7 Å². The van der Waals surface area contributed by atoms with Crippen molar-refractivity contribution in [3.63, 3.8) is 0 Å². The molecule has 1 aromatic carbocycles. The summed E-state index contributed by atoms with van der Waals surface area (Å²) in [5, 5.41) is 17.9. The van der Waals surface area contributed by atoms with Gasteiger partial charge < -0.3 is 5.11 Å². The van der Waals surface area contributed by atoms with E-state index in [4.69, 9.17) is 10.4 Å². The van der Waals surface area contributed by atoms with Crippen LogP contribution in [0.15, 0.2) is 29.8 Å². The van der Waals surface area contributed by atoms with E-state index in [0.717, 1.165) is 11.1 Å². The van der Waals surface area contributed by atoms with E-state index < -0.39 is 0 Å². The van der Waals surface area contributed by atoms with Gasteiger partial charge in [0.05, 0.1) is 18.2 Å². The Morgan fingerprint density at radius 1 is 1.53 bits per heavy atom. The van der Waals surface area contributed by atoms with Crippen molar-refractivity contribution in [2.24, 2.45) is 5.92 Å². The van der Waals surface area contributed by atoms with Crippen LogP contribution in [0.3, 0.4) is 0 Å². The molecule has 0 saturated heterocycles. The van der Waals surface area contributed by atoms with Gasteiger partial charge in [-0.15, -0.1) is 0 Å². The van der Waals surface area contributed by atoms with E-state index in [1.807, 2.05) is 38.1 Å². The molecule has 0 bridgehead atoms. The predicted octanol–water partition coefficient (Wildman–Crippen LogP) is 2.59. The third-order valence-electron chi connectivity index (χ3n) is 2.29. The molecule has 1 N–H and O–H groups in total. The molecule has 78 valence electrons. The first-order chi connectivity index (χ1) is 7.17. The Kier molecular flexibility index (Phi) is 4.08. The first-order valence-corrected chi connectivity index (χ1v) is 4.99. The molecule has 0 saturated carbocycles. The Morgan fingerprint density at radius 3 is 2.80 bits per heavy atom. The van der Waals surface area contributed by atoms with Crippen molar-refractivity contribution < 1.29 is 5.11 Å². The standard InChI is InChI=1S/C13H15NO/c1-10(2)13(9-15)7-11-4-3-5-12(6-11)8-14/h3-7,10,15H,9H2,1-2H3.